The summed E-state index contributed by atoms with van der Waals surface area (Å²) in [7, 11) is 1.60. The number of anilines is 1. The fourth-order valence-corrected chi connectivity index (χ4v) is 2.95. The van der Waals surface area contributed by atoms with Crippen molar-refractivity contribution in [1.29, 1.82) is 0 Å². The molecule has 1 aromatic carbocycles. The van der Waals surface area contributed by atoms with Crippen molar-refractivity contribution in [2.75, 3.05) is 12.4 Å². The maximum atomic E-state index is 11.5. The summed E-state index contributed by atoms with van der Waals surface area (Å²) < 4.78 is 10.7. The van der Waals surface area contributed by atoms with Crippen molar-refractivity contribution in [3.63, 3.8) is 0 Å². The molecule has 6 heteroatoms. The summed E-state index contributed by atoms with van der Waals surface area (Å²) in [5.74, 6) is 1.24. The van der Waals surface area contributed by atoms with Crippen LogP contribution in [0, 0.1) is 20.8 Å². The molecule has 2 aromatic heterocycles. The lowest BCUT2D eigenvalue weighted by Crippen LogP contribution is -2.07. The van der Waals surface area contributed by atoms with E-state index in [0.717, 1.165) is 33.7 Å². The van der Waals surface area contributed by atoms with Gasteiger partial charge in [0, 0.05) is 12.3 Å². The zero-order valence-corrected chi connectivity index (χ0v) is 14.4. The van der Waals surface area contributed by atoms with E-state index in [1.807, 2.05) is 32.9 Å². The number of nitrogens with zero attached hydrogens (tertiary/aromatic N) is 2. The molecule has 0 unspecified atom stereocenters. The van der Waals surface area contributed by atoms with Gasteiger partial charge in [0.2, 0.25) is 5.91 Å². The molecule has 0 saturated heterocycles. The number of rotatable bonds is 3. The van der Waals surface area contributed by atoms with E-state index in [0.29, 0.717) is 17.0 Å². The molecular formula is C18H19N3O3. The minimum Gasteiger partial charge on any atom is -0.494 e. The minimum absolute atomic E-state index is 0.129. The number of hydrogen-bond donors (Lipinski definition) is 1. The van der Waals surface area contributed by atoms with Crippen LogP contribution in [0.4, 0.5) is 5.69 Å². The molecule has 3 rings (SSSR count). The van der Waals surface area contributed by atoms with Crippen LogP contribution < -0.4 is 10.1 Å². The van der Waals surface area contributed by atoms with Gasteiger partial charge in [0.15, 0.2) is 0 Å². The maximum absolute atomic E-state index is 11.5. The van der Waals surface area contributed by atoms with Gasteiger partial charge in [-0.05, 0) is 44.5 Å². The molecule has 0 bridgehead atoms. The number of fused-ring (bicyclic) bond motifs is 1. The summed E-state index contributed by atoms with van der Waals surface area (Å²) in [5, 5.41) is 7.71. The van der Waals surface area contributed by atoms with Crippen molar-refractivity contribution in [3.8, 4) is 17.0 Å². The normalized spacial score (nSPS) is 10.9. The first kappa shape index (κ1) is 16.0. The van der Waals surface area contributed by atoms with Gasteiger partial charge in [-0.3, -0.25) is 4.79 Å². The Balaban J connectivity index is 2.33. The Morgan fingerprint density at radius 1 is 1.25 bits per heavy atom. The van der Waals surface area contributed by atoms with E-state index < -0.39 is 0 Å². The third-order valence-electron chi connectivity index (χ3n) is 3.94. The number of benzene rings is 1. The number of ether oxygens (including phenoxy) is 1. The van der Waals surface area contributed by atoms with Gasteiger partial charge in [0.05, 0.1) is 29.7 Å². The van der Waals surface area contributed by atoms with Crippen LogP contribution in [-0.4, -0.2) is 23.2 Å². The van der Waals surface area contributed by atoms with Gasteiger partial charge >= 0.3 is 0 Å². The Labute approximate surface area is 139 Å². The van der Waals surface area contributed by atoms with Crippen LogP contribution in [0.15, 0.2) is 22.7 Å². The Morgan fingerprint density at radius 2 is 2.00 bits per heavy atom. The highest BCUT2D eigenvalue weighted by Gasteiger charge is 2.18. The van der Waals surface area contributed by atoms with Crippen molar-refractivity contribution in [3.05, 3.63) is 35.2 Å². The fraction of sp³-hybridized carbons (Fsp3) is 0.278. The largest absolute Gasteiger partial charge is 0.494 e. The number of hydrogen-bond acceptors (Lipinski definition) is 5. The molecule has 124 valence electrons. The molecule has 0 fully saturated rings. The first-order valence-electron chi connectivity index (χ1n) is 7.61. The van der Waals surface area contributed by atoms with Gasteiger partial charge < -0.3 is 14.6 Å². The van der Waals surface area contributed by atoms with Crippen molar-refractivity contribution in [2.45, 2.75) is 27.7 Å². The molecule has 2 heterocycles. The van der Waals surface area contributed by atoms with Gasteiger partial charge in [-0.2, -0.15) is 0 Å². The Morgan fingerprint density at radius 3 is 2.58 bits per heavy atom. The summed E-state index contributed by atoms with van der Waals surface area (Å²) in [6.45, 7) is 7.22. The minimum atomic E-state index is -0.129. The molecule has 0 spiro atoms. The molecule has 1 amide bonds. The highest BCUT2D eigenvalue weighted by molar-refractivity contribution is 6.04. The van der Waals surface area contributed by atoms with E-state index in [4.69, 9.17) is 14.2 Å². The quantitative estimate of drug-likeness (QED) is 0.793. The van der Waals surface area contributed by atoms with Crippen LogP contribution >= 0.6 is 0 Å². The predicted molar refractivity (Wildman–Crippen MR) is 92.3 cm³/mol. The highest BCUT2D eigenvalue weighted by Crippen LogP contribution is 2.36. The first-order valence-corrected chi connectivity index (χ1v) is 7.61. The van der Waals surface area contributed by atoms with E-state index in [1.54, 1.807) is 13.2 Å². The SMILES string of the molecule is COc1ccc(NC(C)=O)c2c(C)cc(-c3c(C)noc3C)nc12. The van der Waals surface area contributed by atoms with Crippen LogP contribution in [-0.2, 0) is 4.79 Å². The second kappa shape index (κ2) is 5.96. The van der Waals surface area contributed by atoms with Gasteiger partial charge in [-0.25, -0.2) is 4.98 Å². The second-order valence-corrected chi connectivity index (χ2v) is 5.74. The van der Waals surface area contributed by atoms with Crippen LogP contribution in [0.25, 0.3) is 22.2 Å². The van der Waals surface area contributed by atoms with Gasteiger partial charge in [-0.1, -0.05) is 5.16 Å². The predicted octanol–water partition coefficient (Wildman–Crippen LogP) is 3.78. The number of aryl methyl sites for hydroxylation is 3. The molecule has 0 atom stereocenters. The molecule has 0 aliphatic heterocycles. The molecule has 1 N–H and O–H groups in total. The van der Waals surface area contributed by atoms with Crippen molar-refractivity contribution in [2.24, 2.45) is 0 Å². The Kier molecular flexibility index (Phi) is 3.97. The summed E-state index contributed by atoms with van der Waals surface area (Å²) >= 11 is 0. The molecule has 0 aliphatic carbocycles. The summed E-state index contributed by atoms with van der Waals surface area (Å²) in [6, 6.07) is 5.60. The first-order chi connectivity index (χ1) is 11.4. The lowest BCUT2D eigenvalue weighted by atomic mass is 10.0. The molecular weight excluding hydrogens is 306 g/mol. The smallest absolute Gasteiger partial charge is 0.221 e. The average molecular weight is 325 g/mol. The number of methoxy groups -OCH3 is 1. The molecule has 24 heavy (non-hydrogen) atoms. The van der Waals surface area contributed by atoms with Crippen LogP contribution in [0.1, 0.15) is 23.9 Å². The number of carbonyl (C=O) groups excluding carboxylic acids is 1. The third kappa shape index (κ3) is 2.60. The zero-order valence-electron chi connectivity index (χ0n) is 14.4. The van der Waals surface area contributed by atoms with E-state index >= 15 is 0 Å². The van der Waals surface area contributed by atoms with Crippen LogP contribution in [0.2, 0.25) is 0 Å². The van der Waals surface area contributed by atoms with Crippen LogP contribution in [0.3, 0.4) is 0 Å². The van der Waals surface area contributed by atoms with E-state index in [9.17, 15) is 4.79 Å². The Bertz CT molecular complexity index is 925. The monoisotopic (exact) mass is 325 g/mol. The number of pyridine rings is 1. The van der Waals surface area contributed by atoms with Gasteiger partial charge in [-0.15, -0.1) is 0 Å². The summed E-state index contributed by atoms with van der Waals surface area (Å²) in [4.78, 5) is 16.2. The lowest BCUT2D eigenvalue weighted by molar-refractivity contribution is -0.114. The zero-order chi connectivity index (χ0) is 17.4. The van der Waals surface area contributed by atoms with E-state index in [-0.39, 0.29) is 5.91 Å². The number of amides is 1. The van der Waals surface area contributed by atoms with Crippen LogP contribution in [0.5, 0.6) is 5.75 Å². The Hall–Kier alpha value is -2.89. The lowest BCUT2D eigenvalue weighted by Gasteiger charge is -2.14. The second-order valence-electron chi connectivity index (χ2n) is 5.74. The molecule has 3 aromatic rings. The van der Waals surface area contributed by atoms with Crippen molar-refractivity contribution in [1.82, 2.24) is 10.1 Å². The van der Waals surface area contributed by atoms with Gasteiger partial charge in [0.25, 0.3) is 0 Å². The average Bonchev–Trinajstić information content (AvgIpc) is 2.85. The van der Waals surface area contributed by atoms with E-state index in [1.165, 1.54) is 6.92 Å². The fourth-order valence-electron chi connectivity index (χ4n) is 2.95. The van der Waals surface area contributed by atoms with Gasteiger partial charge in [0.1, 0.15) is 17.0 Å². The summed E-state index contributed by atoms with van der Waals surface area (Å²) in [6.07, 6.45) is 0. The number of carbonyl (C=O) groups is 1. The maximum Gasteiger partial charge on any atom is 0.221 e. The number of aromatic nitrogens is 2. The molecule has 6 nitrogen and oxygen atoms in total. The molecule has 0 saturated carbocycles. The summed E-state index contributed by atoms with van der Waals surface area (Å²) in [5.41, 5.74) is 4.84. The number of nitrogens with one attached hydrogen (secondary N) is 1. The molecule has 0 aliphatic rings. The third-order valence-corrected chi connectivity index (χ3v) is 3.94. The molecule has 0 radical (unpaired) electrons. The standard InChI is InChI=1S/C18H19N3O3/c1-9-8-14(17-10(2)21-24-11(17)3)20-18-15(23-5)7-6-13(16(9)18)19-12(4)22/h6-8H,1-5H3,(H,19,22). The van der Waals surface area contributed by atoms with Crippen molar-refractivity contribution < 1.29 is 14.1 Å². The van der Waals surface area contributed by atoms with Crippen molar-refractivity contribution >= 4 is 22.5 Å². The topological polar surface area (TPSA) is 77.2 Å². The highest BCUT2D eigenvalue weighted by atomic mass is 16.5. The van der Waals surface area contributed by atoms with E-state index in [2.05, 4.69) is 10.5 Å².